The molecule has 3 rings (SSSR count). The van der Waals surface area contributed by atoms with E-state index in [1.54, 1.807) is 13.8 Å². The van der Waals surface area contributed by atoms with E-state index in [-0.39, 0.29) is 45.6 Å². The number of ether oxygens (including phenoxy) is 1. The average molecular weight is 498 g/mol. The summed E-state index contributed by atoms with van der Waals surface area (Å²) in [6.07, 6.45) is 1.35. The Kier molecular flexibility index (Phi) is 7.06. The molecular formula is C20H21Cl2N5O4S. The number of hydrogen-bond donors (Lipinski definition) is 1. The highest BCUT2D eigenvalue weighted by molar-refractivity contribution is 7.92. The number of benzene rings is 1. The van der Waals surface area contributed by atoms with Gasteiger partial charge in [0.2, 0.25) is 5.82 Å². The molecule has 1 N–H and O–H groups in total. The Morgan fingerprint density at radius 3 is 2.56 bits per heavy atom. The van der Waals surface area contributed by atoms with E-state index in [0.29, 0.717) is 10.6 Å². The van der Waals surface area contributed by atoms with Crippen molar-refractivity contribution in [1.82, 2.24) is 19.7 Å². The third-order valence-corrected chi connectivity index (χ3v) is 6.41. The second-order valence-corrected chi connectivity index (χ2v) is 9.62. The smallest absolute Gasteiger partial charge is 0.376 e. The summed E-state index contributed by atoms with van der Waals surface area (Å²) in [6.45, 7) is 7.21. The van der Waals surface area contributed by atoms with Crippen molar-refractivity contribution in [3.05, 3.63) is 51.9 Å². The topological polar surface area (TPSA) is 116 Å². The summed E-state index contributed by atoms with van der Waals surface area (Å²) in [7, 11) is -4.01. The fraction of sp³-hybridized carbons (Fsp3) is 0.300. The van der Waals surface area contributed by atoms with Crippen LogP contribution in [0.1, 0.15) is 43.0 Å². The van der Waals surface area contributed by atoms with Crippen LogP contribution in [0.25, 0.3) is 11.5 Å². The number of aryl methyl sites for hydroxylation is 1. The van der Waals surface area contributed by atoms with Crippen molar-refractivity contribution in [3.63, 3.8) is 0 Å². The van der Waals surface area contributed by atoms with E-state index in [2.05, 4.69) is 19.9 Å². The van der Waals surface area contributed by atoms with Crippen LogP contribution >= 0.6 is 23.2 Å². The minimum atomic E-state index is -4.01. The number of nitrogens with zero attached hydrogens (tertiary/aromatic N) is 4. The molecule has 0 saturated carbocycles. The molecule has 0 amide bonds. The lowest BCUT2D eigenvalue weighted by Crippen LogP contribution is -2.17. The van der Waals surface area contributed by atoms with E-state index in [1.807, 2.05) is 13.8 Å². The highest BCUT2D eigenvalue weighted by Crippen LogP contribution is 2.31. The molecule has 0 bridgehead atoms. The molecule has 0 aliphatic heterocycles. The monoisotopic (exact) mass is 497 g/mol. The summed E-state index contributed by atoms with van der Waals surface area (Å²) in [5.74, 6) is -0.479. The molecule has 0 atom stereocenters. The van der Waals surface area contributed by atoms with E-state index >= 15 is 0 Å². The molecule has 32 heavy (non-hydrogen) atoms. The fourth-order valence-electron chi connectivity index (χ4n) is 2.96. The van der Waals surface area contributed by atoms with Gasteiger partial charge in [-0.15, -0.1) is 10.2 Å². The summed E-state index contributed by atoms with van der Waals surface area (Å²) in [5, 5.41) is 8.69. The number of halogens is 2. The van der Waals surface area contributed by atoms with Crippen molar-refractivity contribution in [1.29, 1.82) is 0 Å². The van der Waals surface area contributed by atoms with Crippen LogP contribution in [0.3, 0.4) is 0 Å². The maximum Gasteiger partial charge on any atom is 0.376 e. The third kappa shape index (κ3) is 4.87. The van der Waals surface area contributed by atoms with E-state index < -0.39 is 16.0 Å². The summed E-state index contributed by atoms with van der Waals surface area (Å²) in [4.78, 5) is 16.6. The van der Waals surface area contributed by atoms with Gasteiger partial charge in [0.15, 0.2) is 5.82 Å². The van der Waals surface area contributed by atoms with Gasteiger partial charge in [-0.2, -0.15) is 0 Å². The second-order valence-electron chi connectivity index (χ2n) is 7.10. The van der Waals surface area contributed by atoms with Gasteiger partial charge in [0.25, 0.3) is 10.0 Å². The van der Waals surface area contributed by atoms with Crippen LogP contribution in [0, 0.1) is 6.92 Å². The number of esters is 1. The Hall–Kier alpha value is -2.69. The van der Waals surface area contributed by atoms with Crippen molar-refractivity contribution in [3.8, 4) is 11.5 Å². The second kappa shape index (κ2) is 9.43. The zero-order valence-electron chi connectivity index (χ0n) is 17.8. The standard InChI is InChI=1S/C20H21Cl2N5O4S/c1-5-31-20(28)19-25-24-18(27(19)11(2)3)17-16(9-13(21)10-23-17)26-32(29,30)14-6-7-15(22)12(4)8-14/h6-11,26H,5H2,1-4H3. The molecule has 0 aliphatic carbocycles. The van der Waals surface area contributed by atoms with Crippen molar-refractivity contribution in [2.24, 2.45) is 0 Å². The van der Waals surface area contributed by atoms with Gasteiger partial charge >= 0.3 is 5.97 Å². The van der Waals surface area contributed by atoms with Crippen LogP contribution in [-0.2, 0) is 14.8 Å². The summed E-state index contributed by atoms with van der Waals surface area (Å²) >= 11 is 12.1. The first-order valence-electron chi connectivity index (χ1n) is 9.62. The largest absolute Gasteiger partial charge is 0.460 e. The van der Waals surface area contributed by atoms with E-state index in [0.717, 1.165) is 0 Å². The average Bonchev–Trinajstić information content (AvgIpc) is 3.15. The van der Waals surface area contributed by atoms with E-state index in [1.165, 1.54) is 35.0 Å². The molecule has 0 aliphatic rings. The molecule has 0 fully saturated rings. The van der Waals surface area contributed by atoms with Crippen LogP contribution in [-0.4, -0.2) is 40.7 Å². The SMILES string of the molecule is CCOC(=O)c1nnc(-c2ncc(Cl)cc2NS(=O)(=O)c2ccc(Cl)c(C)c2)n1C(C)C. The van der Waals surface area contributed by atoms with Crippen molar-refractivity contribution < 1.29 is 17.9 Å². The van der Waals surface area contributed by atoms with Crippen LogP contribution < -0.4 is 4.72 Å². The molecule has 12 heteroatoms. The molecular weight excluding hydrogens is 477 g/mol. The van der Waals surface area contributed by atoms with Crippen LogP contribution in [0.2, 0.25) is 10.0 Å². The quantitative estimate of drug-likeness (QED) is 0.477. The number of aromatic nitrogens is 4. The van der Waals surface area contributed by atoms with E-state index in [9.17, 15) is 13.2 Å². The Morgan fingerprint density at radius 2 is 1.94 bits per heavy atom. The number of carbonyl (C=O) groups excluding carboxylic acids is 1. The van der Waals surface area contributed by atoms with Crippen LogP contribution in [0.5, 0.6) is 0 Å². The Morgan fingerprint density at radius 1 is 1.22 bits per heavy atom. The molecule has 170 valence electrons. The number of nitrogens with one attached hydrogen (secondary N) is 1. The van der Waals surface area contributed by atoms with Gasteiger partial charge in [0.05, 0.1) is 22.2 Å². The van der Waals surface area contributed by atoms with Crippen molar-refractivity contribution >= 4 is 44.9 Å². The lowest BCUT2D eigenvalue weighted by molar-refractivity contribution is 0.0504. The van der Waals surface area contributed by atoms with Gasteiger partial charge in [-0.05, 0) is 57.5 Å². The van der Waals surface area contributed by atoms with Crippen molar-refractivity contribution in [2.75, 3.05) is 11.3 Å². The molecule has 0 radical (unpaired) electrons. The molecule has 2 aromatic heterocycles. The zero-order valence-corrected chi connectivity index (χ0v) is 20.1. The van der Waals surface area contributed by atoms with Gasteiger partial charge in [0.1, 0.15) is 5.69 Å². The summed E-state index contributed by atoms with van der Waals surface area (Å²) < 4.78 is 35.2. The molecule has 1 aromatic carbocycles. The lowest BCUT2D eigenvalue weighted by Gasteiger charge is -2.16. The number of rotatable bonds is 7. The highest BCUT2D eigenvalue weighted by Gasteiger charge is 2.26. The predicted molar refractivity (Wildman–Crippen MR) is 122 cm³/mol. The summed E-state index contributed by atoms with van der Waals surface area (Å²) in [6, 6.07) is 5.51. The number of sulfonamides is 1. The summed E-state index contributed by atoms with van der Waals surface area (Å²) in [5.41, 5.74) is 0.841. The molecule has 0 unspecified atom stereocenters. The van der Waals surface area contributed by atoms with Crippen LogP contribution in [0.15, 0.2) is 35.4 Å². The highest BCUT2D eigenvalue weighted by atomic mass is 35.5. The van der Waals surface area contributed by atoms with E-state index in [4.69, 9.17) is 27.9 Å². The Balaban J connectivity index is 2.12. The number of anilines is 1. The third-order valence-electron chi connectivity index (χ3n) is 4.42. The number of hydrogen-bond acceptors (Lipinski definition) is 7. The molecule has 3 aromatic rings. The maximum absolute atomic E-state index is 13.0. The van der Waals surface area contributed by atoms with Gasteiger partial charge in [-0.3, -0.25) is 9.29 Å². The lowest BCUT2D eigenvalue weighted by atomic mass is 10.2. The first-order chi connectivity index (χ1) is 15.0. The van der Waals surface area contributed by atoms with Gasteiger partial charge in [-0.25, -0.2) is 18.2 Å². The van der Waals surface area contributed by atoms with Gasteiger partial charge in [0, 0.05) is 17.3 Å². The predicted octanol–water partition coefficient (Wildman–Crippen LogP) is 4.51. The minimum absolute atomic E-state index is 0.0165. The van der Waals surface area contributed by atoms with Gasteiger partial charge < -0.3 is 4.74 Å². The molecule has 0 spiro atoms. The molecule has 2 heterocycles. The first-order valence-corrected chi connectivity index (χ1v) is 11.9. The first kappa shape index (κ1) is 24.0. The fourth-order valence-corrected chi connectivity index (χ4v) is 4.38. The Labute approximate surface area is 195 Å². The maximum atomic E-state index is 13.0. The minimum Gasteiger partial charge on any atom is -0.460 e. The Bertz CT molecular complexity index is 1270. The molecule has 0 saturated heterocycles. The molecule has 9 nitrogen and oxygen atoms in total. The zero-order chi connectivity index (χ0) is 23.6. The van der Waals surface area contributed by atoms with Gasteiger partial charge in [-0.1, -0.05) is 23.2 Å². The number of carbonyl (C=O) groups is 1. The number of pyridine rings is 1. The van der Waals surface area contributed by atoms with Crippen molar-refractivity contribution in [2.45, 2.75) is 38.6 Å². The normalized spacial score (nSPS) is 11.6. The van der Waals surface area contributed by atoms with Crippen LogP contribution in [0.4, 0.5) is 5.69 Å².